The Morgan fingerprint density at radius 3 is 2.88 bits per heavy atom. The molecule has 1 amide bonds. The number of nitrogens with one attached hydrogen (secondary N) is 2. The Morgan fingerprint density at radius 2 is 2.16 bits per heavy atom. The number of aromatic nitrogens is 2. The Kier molecular flexibility index (Phi) is 6.19. The summed E-state index contributed by atoms with van der Waals surface area (Å²) in [7, 11) is 0. The van der Waals surface area contributed by atoms with E-state index in [1.165, 1.54) is 11.1 Å². The number of amides is 1. The SMILES string of the molecule is Cc1ccccc1CN1CCC(NC(=O)COCc2ncc[nH]2)CC1. The van der Waals surface area contributed by atoms with Crippen molar-refractivity contribution in [2.45, 2.75) is 39.0 Å². The Labute approximate surface area is 148 Å². The van der Waals surface area contributed by atoms with Crippen LogP contribution in [0.5, 0.6) is 0 Å². The van der Waals surface area contributed by atoms with Crippen LogP contribution in [0.1, 0.15) is 29.8 Å². The van der Waals surface area contributed by atoms with Gasteiger partial charge in [0, 0.05) is 38.1 Å². The number of carbonyl (C=O) groups is 1. The third-order valence-electron chi connectivity index (χ3n) is 4.63. The lowest BCUT2D eigenvalue weighted by Gasteiger charge is -2.32. The molecule has 1 aliphatic heterocycles. The Bertz CT molecular complexity index is 664. The Balaban J connectivity index is 1.34. The molecule has 134 valence electrons. The highest BCUT2D eigenvalue weighted by Gasteiger charge is 2.21. The van der Waals surface area contributed by atoms with Gasteiger partial charge >= 0.3 is 0 Å². The number of hydrogen-bond acceptors (Lipinski definition) is 4. The van der Waals surface area contributed by atoms with Gasteiger partial charge in [0.1, 0.15) is 19.0 Å². The van der Waals surface area contributed by atoms with Gasteiger partial charge in [-0.05, 0) is 30.9 Å². The van der Waals surface area contributed by atoms with Crippen LogP contribution in [0.3, 0.4) is 0 Å². The van der Waals surface area contributed by atoms with Crippen molar-refractivity contribution in [2.24, 2.45) is 0 Å². The number of aryl methyl sites for hydroxylation is 1. The zero-order chi connectivity index (χ0) is 17.5. The summed E-state index contributed by atoms with van der Waals surface area (Å²) < 4.78 is 5.38. The number of ether oxygens (including phenoxy) is 1. The van der Waals surface area contributed by atoms with E-state index >= 15 is 0 Å². The number of aromatic amines is 1. The van der Waals surface area contributed by atoms with Crippen molar-refractivity contribution in [3.05, 3.63) is 53.6 Å². The minimum Gasteiger partial charge on any atom is -0.364 e. The zero-order valence-corrected chi connectivity index (χ0v) is 14.7. The van der Waals surface area contributed by atoms with Crippen LogP contribution in [0.4, 0.5) is 0 Å². The van der Waals surface area contributed by atoms with Crippen molar-refractivity contribution in [2.75, 3.05) is 19.7 Å². The van der Waals surface area contributed by atoms with Crippen LogP contribution < -0.4 is 5.32 Å². The third-order valence-corrected chi connectivity index (χ3v) is 4.63. The van der Waals surface area contributed by atoms with E-state index in [0.29, 0.717) is 6.61 Å². The molecule has 2 heterocycles. The lowest BCUT2D eigenvalue weighted by molar-refractivity contribution is -0.127. The lowest BCUT2D eigenvalue weighted by Crippen LogP contribution is -2.45. The molecule has 2 aromatic rings. The number of nitrogens with zero attached hydrogens (tertiary/aromatic N) is 2. The van der Waals surface area contributed by atoms with Crippen molar-refractivity contribution in [3.63, 3.8) is 0 Å². The van der Waals surface area contributed by atoms with Crippen LogP contribution >= 0.6 is 0 Å². The molecule has 1 fully saturated rings. The second kappa shape index (κ2) is 8.78. The minimum absolute atomic E-state index is 0.0519. The molecule has 1 saturated heterocycles. The van der Waals surface area contributed by atoms with Crippen LogP contribution in [-0.4, -0.2) is 46.5 Å². The molecule has 0 unspecified atom stereocenters. The number of benzene rings is 1. The first-order valence-electron chi connectivity index (χ1n) is 8.83. The molecule has 6 heteroatoms. The highest BCUT2D eigenvalue weighted by atomic mass is 16.5. The Morgan fingerprint density at radius 1 is 1.36 bits per heavy atom. The van der Waals surface area contributed by atoms with Gasteiger partial charge in [-0.25, -0.2) is 4.98 Å². The smallest absolute Gasteiger partial charge is 0.246 e. The topological polar surface area (TPSA) is 70.2 Å². The highest BCUT2D eigenvalue weighted by molar-refractivity contribution is 5.77. The normalized spacial score (nSPS) is 16.0. The van der Waals surface area contributed by atoms with E-state index in [1.807, 2.05) is 0 Å². The van der Waals surface area contributed by atoms with Gasteiger partial charge in [0.2, 0.25) is 5.91 Å². The van der Waals surface area contributed by atoms with E-state index in [0.717, 1.165) is 38.3 Å². The zero-order valence-electron chi connectivity index (χ0n) is 14.7. The number of carbonyl (C=O) groups excluding carboxylic acids is 1. The van der Waals surface area contributed by atoms with E-state index < -0.39 is 0 Å². The second-order valence-corrected chi connectivity index (χ2v) is 6.57. The van der Waals surface area contributed by atoms with Crippen LogP contribution in [-0.2, 0) is 22.7 Å². The predicted molar refractivity (Wildman–Crippen MR) is 95.9 cm³/mol. The summed E-state index contributed by atoms with van der Waals surface area (Å²) in [5.41, 5.74) is 2.72. The standard InChI is InChI=1S/C19H26N4O2/c1-15-4-2-3-5-16(15)12-23-10-6-17(7-11-23)22-19(24)14-25-13-18-20-8-9-21-18/h2-5,8-9,17H,6-7,10-14H2,1H3,(H,20,21)(H,22,24). The van der Waals surface area contributed by atoms with E-state index in [9.17, 15) is 4.79 Å². The first-order chi connectivity index (χ1) is 12.2. The molecule has 25 heavy (non-hydrogen) atoms. The molecule has 0 atom stereocenters. The van der Waals surface area contributed by atoms with E-state index in [1.54, 1.807) is 12.4 Å². The van der Waals surface area contributed by atoms with Gasteiger partial charge in [-0.3, -0.25) is 9.69 Å². The molecule has 2 N–H and O–H groups in total. The Hall–Kier alpha value is -2.18. The van der Waals surface area contributed by atoms with Gasteiger partial charge in [-0.1, -0.05) is 24.3 Å². The number of likely N-dealkylation sites (tertiary alicyclic amines) is 1. The maximum atomic E-state index is 12.0. The molecule has 1 aromatic carbocycles. The quantitative estimate of drug-likeness (QED) is 0.808. The molecular formula is C19H26N4O2. The minimum atomic E-state index is -0.0519. The molecule has 1 aliphatic rings. The van der Waals surface area contributed by atoms with Gasteiger partial charge < -0.3 is 15.0 Å². The van der Waals surface area contributed by atoms with Crippen molar-refractivity contribution in [1.29, 1.82) is 0 Å². The molecular weight excluding hydrogens is 316 g/mol. The molecule has 0 saturated carbocycles. The van der Waals surface area contributed by atoms with Gasteiger partial charge in [0.15, 0.2) is 0 Å². The summed E-state index contributed by atoms with van der Waals surface area (Å²) in [5.74, 6) is 0.682. The summed E-state index contributed by atoms with van der Waals surface area (Å²) in [6, 6.07) is 8.77. The molecule has 0 bridgehead atoms. The van der Waals surface area contributed by atoms with Crippen LogP contribution in [0.15, 0.2) is 36.7 Å². The molecule has 0 aliphatic carbocycles. The number of piperidine rings is 1. The first-order valence-corrected chi connectivity index (χ1v) is 8.83. The van der Waals surface area contributed by atoms with Crippen molar-refractivity contribution in [1.82, 2.24) is 20.2 Å². The molecule has 0 spiro atoms. The molecule has 0 radical (unpaired) electrons. The van der Waals surface area contributed by atoms with Crippen molar-refractivity contribution >= 4 is 5.91 Å². The van der Waals surface area contributed by atoms with E-state index in [-0.39, 0.29) is 18.6 Å². The van der Waals surface area contributed by atoms with Crippen LogP contribution in [0.25, 0.3) is 0 Å². The predicted octanol–water partition coefficient (Wildman–Crippen LogP) is 2.02. The van der Waals surface area contributed by atoms with E-state index in [4.69, 9.17) is 4.74 Å². The van der Waals surface area contributed by atoms with E-state index in [2.05, 4.69) is 51.4 Å². The fourth-order valence-electron chi connectivity index (χ4n) is 3.15. The van der Waals surface area contributed by atoms with Crippen molar-refractivity contribution < 1.29 is 9.53 Å². The maximum absolute atomic E-state index is 12.0. The van der Waals surface area contributed by atoms with Gasteiger partial charge in [0.25, 0.3) is 0 Å². The summed E-state index contributed by atoms with van der Waals surface area (Å²) in [6.07, 6.45) is 5.37. The summed E-state index contributed by atoms with van der Waals surface area (Å²) in [5, 5.41) is 3.07. The van der Waals surface area contributed by atoms with Crippen LogP contribution in [0.2, 0.25) is 0 Å². The number of imidazole rings is 1. The highest BCUT2D eigenvalue weighted by Crippen LogP contribution is 2.16. The number of H-pyrrole nitrogens is 1. The largest absolute Gasteiger partial charge is 0.364 e. The molecule has 3 rings (SSSR count). The fraction of sp³-hybridized carbons (Fsp3) is 0.474. The summed E-state index contributed by atoms with van der Waals surface area (Å²) >= 11 is 0. The second-order valence-electron chi connectivity index (χ2n) is 6.57. The maximum Gasteiger partial charge on any atom is 0.246 e. The monoisotopic (exact) mass is 342 g/mol. The molecule has 1 aromatic heterocycles. The number of rotatable bonds is 7. The van der Waals surface area contributed by atoms with Crippen LogP contribution in [0, 0.1) is 6.92 Å². The first kappa shape index (κ1) is 17.6. The molecule has 6 nitrogen and oxygen atoms in total. The van der Waals surface area contributed by atoms with Gasteiger partial charge in [-0.2, -0.15) is 0 Å². The average molecular weight is 342 g/mol. The van der Waals surface area contributed by atoms with Gasteiger partial charge in [0.05, 0.1) is 0 Å². The third kappa shape index (κ3) is 5.41. The lowest BCUT2D eigenvalue weighted by atomic mass is 10.0. The number of hydrogen-bond donors (Lipinski definition) is 2. The summed E-state index contributed by atoms with van der Waals surface area (Å²) in [6.45, 7) is 5.56. The average Bonchev–Trinajstić information content (AvgIpc) is 3.12. The fourth-order valence-corrected chi connectivity index (χ4v) is 3.15. The summed E-state index contributed by atoms with van der Waals surface area (Å²) in [4.78, 5) is 21.4. The van der Waals surface area contributed by atoms with Crippen molar-refractivity contribution in [3.8, 4) is 0 Å². The van der Waals surface area contributed by atoms with Gasteiger partial charge in [-0.15, -0.1) is 0 Å².